The highest BCUT2D eigenvalue weighted by Crippen LogP contribution is 2.14. The summed E-state index contributed by atoms with van der Waals surface area (Å²) in [5.41, 5.74) is 1.01. The van der Waals surface area contributed by atoms with Crippen LogP contribution in [0.25, 0.3) is 0 Å². The molecule has 1 fully saturated rings. The van der Waals surface area contributed by atoms with Crippen molar-refractivity contribution in [3.8, 4) is 0 Å². The number of benzene rings is 1. The number of anilines is 1. The Labute approximate surface area is 179 Å². The number of thiophene rings is 1. The lowest BCUT2D eigenvalue weighted by molar-refractivity contribution is -0.133. The minimum absolute atomic E-state index is 0.0580. The molecule has 2 amide bonds. The second kappa shape index (κ2) is 9.49. The monoisotopic (exact) mass is 421 g/mol. The van der Waals surface area contributed by atoms with Crippen LogP contribution in [0, 0.1) is 0 Å². The Hall–Kier alpha value is -3.26. The number of aromatic nitrogens is 2. The molecule has 30 heavy (non-hydrogen) atoms. The fourth-order valence-electron chi connectivity index (χ4n) is 3.49. The zero-order valence-corrected chi connectivity index (χ0v) is 17.3. The van der Waals surface area contributed by atoms with Crippen molar-refractivity contribution in [1.82, 2.24) is 20.2 Å². The Balaban J connectivity index is 1.44. The molecule has 8 heteroatoms. The van der Waals surface area contributed by atoms with Crippen LogP contribution in [0.2, 0.25) is 0 Å². The Morgan fingerprint density at radius 1 is 0.967 bits per heavy atom. The van der Waals surface area contributed by atoms with Gasteiger partial charge in [-0.1, -0.05) is 36.4 Å². The minimum Gasteiger partial charge on any atom is -0.339 e. The van der Waals surface area contributed by atoms with Gasteiger partial charge in [0.2, 0.25) is 11.9 Å². The van der Waals surface area contributed by atoms with Crippen LogP contribution in [0.1, 0.15) is 15.2 Å². The first-order valence-electron chi connectivity index (χ1n) is 9.90. The third kappa shape index (κ3) is 4.83. The largest absolute Gasteiger partial charge is 0.339 e. The highest BCUT2D eigenvalue weighted by atomic mass is 32.1. The first-order chi connectivity index (χ1) is 14.7. The summed E-state index contributed by atoms with van der Waals surface area (Å²) in [4.78, 5) is 39.0. The van der Waals surface area contributed by atoms with Gasteiger partial charge in [0.05, 0.1) is 4.88 Å². The van der Waals surface area contributed by atoms with Crippen LogP contribution < -0.4 is 10.2 Å². The fraction of sp³-hybridized carbons (Fsp3) is 0.273. The van der Waals surface area contributed by atoms with Crippen molar-refractivity contribution in [2.24, 2.45) is 0 Å². The van der Waals surface area contributed by atoms with Gasteiger partial charge in [-0.3, -0.25) is 9.59 Å². The number of nitrogens with zero attached hydrogens (tertiary/aromatic N) is 4. The SMILES string of the molecule is O=C(NC(Cc1ccccc1)C(=O)N1CCN(c2ncccn2)CC1)c1cccs1. The Morgan fingerprint density at radius 2 is 1.70 bits per heavy atom. The van der Waals surface area contributed by atoms with E-state index < -0.39 is 6.04 Å². The summed E-state index contributed by atoms with van der Waals surface area (Å²) in [5.74, 6) is 0.407. The normalized spacial score (nSPS) is 14.9. The number of hydrogen-bond donors (Lipinski definition) is 1. The maximum Gasteiger partial charge on any atom is 0.262 e. The van der Waals surface area contributed by atoms with E-state index in [0.717, 1.165) is 5.56 Å². The van der Waals surface area contributed by atoms with E-state index in [-0.39, 0.29) is 11.8 Å². The molecule has 0 bridgehead atoms. The summed E-state index contributed by atoms with van der Waals surface area (Å²) in [7, 11) is 0. The first kappa shape index (κ1) is 20.0. The fourth-order valence-corrected chi connectivity index (χ4v) is 4.12. The van der Waals surface area contributed by atoms with E-state index in [1.165, 1.54) is 11.3 Å². The second-order valence-electron chi connectivity index (χ2n) is 7.05. The van der Waals surface area contributed by atoms with Crippen molar-refractivity contribution in [2.75, 3.05) is 31.1 Å². The van der Waals surface area contributed by atoms with Gasteiger partial charge in [-0.2, -0.15) is 0 Å². The number of piperazine rings is 1. The quantitative estimate of drug-likeness (QED) is 0.660. The third-order valence-electron chi connectivity index (χ3n) is 5.06. The number of rotatable bonds is 6. The Morgan fingerprint density at radius 3 is 2.37 bits per heavy atom. The number of amides is 2. The van der Waals surface area contributed by atoms with Gasteiger partial charge in [-0.25, -0.2) is 9.97 Å². The van der Waals surface area contributed by atoms with Crippen molar-refractivity contribution in [2.45, 2.75) is 12.5 Å². The molecule has 1 aliphatic rings. The van der Waals surface area contributed by atoms with E-state index in [1.807, 2.05) is 46.7 Å². The first-order valence-corrected chi connectivity index (χ1v) is 10.8. The summed E-state index contributed by atoms with van der Waals surface area (Å²) in [6.07, 6.45) is 3.89. The van der Waals surface area contributed by atoms with E-state index in [2.05, 4.69) is 20.2 Å². The number of hydrogen-bond acceptors (Lipinski definition) is 6. The van der Waals surface area contributed by atoms with Gasteiger partial charge < -0.3 is 15.1 Å². The van der Waals surface area contributed by atoms with E-state index in [4.69, 9.17) is 0 Å². The maximum absolute atomic E-state index is 13.3. The lowest BCUT2D eigenvalue weighted by Gasteiger charge is -2.36. The van der Waals surface area contributed by atoms with Gasteiger partial charge in [-0.15, -0.1) is 11.3 Å². The highest BCUT2D eigenvalue weighted by molar-refractivity contribution is 7.12. The molecule has 0 aliphatic carbocycles. The van der Waals surface area contributed by atoms with Gasteiger partial charge in [-0.05, 0) is 23.1 Å². The molecule has 7 nitrogen and oxygen atoms in total. The van der Waals surface area contributed by atoms with Crippen LogP contribution in [0.15, 0.2) is 66.3 Å². The molecule has 1 aromatic carbocycles. The van der Waals surface area contributed by atoms with Crippen LogP contribution in [0.5, 0.6) is 0 Å². The average molecular weight is 422 g/mol. The molecule has 2 aromatic heterocycles. The topological polar surface area (TPSA) is 78.4 Å². The van der Waals surface area contributed by atoms with Gasteiger partial charge >= 0.3 is 0 Å². The summed E-state index contributed by atoms with van der Waals surface area (Å²) in [6, 6.07) is 14.5. The number of nitrogens with one attached hydrogen (secondary N) is 1. The smallest absolute Gasteiger partial charge is 0.262 e. The molecule has 1 atom stereocenters. The van der Waals surface area contributed by atoms with Crippen LogP contribution in [0.4, 0.5) is 5.95 Å². The molecule has 1 unspecified atom stereocenters. The van der Waals surface area contributed by atoms with Crippen LogP contribution in [-0.2, 0) is 11.2 Å². The lowest BCUT2D eigenvalue weighted by Crippen LogP contribution is -2.55. The van der Waals surface area contributed by atoms with Crippen LogP contribution in [-0.4, -0.2) is 58.9 Å². The Kier molecular flexibility index (Phi) is 6.34. The zero-order chi connectivity index (χ0) is 20.8. The third-order valence-corrected chi connectivity index (χ3v) is 5.93. The molecule has 0 spiro atoms. The van der Waals surface area contributed by atoms with Crippen molar-refractivity contribution >= 4 is 29.1 Å². The molecule has 0 saturated carbocycles. The highest BCUT2D eigenvalue weighted by Gasteiger charge is 2.29. The molecular weight excluding hydrogens is 398 g/mol. The summed E-state index contributed by atoms with van der Waals surface area (Å²) in [6.45, 7) is 2.45. The zero-order valence-electron chi connectivity index (χ0n) is 16.5. The maximum atomic E-state index is 13.3. The molecular formula is C22H23N5O2S. The van der Waals surface area contributed by atoms with Crippen molar-refractivity contribution < 1.29 is 9.59 Å². The molecule has 1 saturated heterocycles. The molecule has 154 valence electrons. The average Bonchev–Trinajstić information content (AvgIpc) is 3.35. The number of carbonyl (C=O) groups is 2. The summed E-state index contributed by atoms with van der Waals surface area (Å²) in [5, 5.41) is 4.80. The standard InChI is InChI=1S/C22H23N5O2S/c28-20(19-8-4-15-30-19)25-18(16-17-6-2-1-3-7-17)21(29)26-11-13-27(14-12-26)22-23-9-5-10-24-22/h1-10,15,18H,11-14,16H2,(H,25,28). The molecule has 1 aliphatic heterocycles. The van der Waals surface area contributed by atoms with Crippen LogP contribution >= 0.6 is 11.3 Å². The van der Waals surface area contributed by atoms with Crippen LogP contribution in [0.3, 0.4) is 0 Å². The predicted octanol–water partition coefficient (Wildman–Crippen LogP) is 2.23. The summed E-state index contributed by atoms with van der Waals surface area (Å²) >= 11 is 1.37. The van der Waals surface area contributed by atoms with Crippen molar-refractivity contribution in [3.63, 3.8) is 0 Å². The molecule has 4 rings (SSSR count). The van der Waals surface area contributed by atoms with E-state index in [1.54, 1.807) is 24.5 Å². The van der Waals surface area contributed by atoms with Gasteiger partial charge in [0, 0.05) is 45.0 Å². The number of carbonyl (C=O) groups excluding carboxylic acids is 2. The molecule has 3 heterocycles. The van der Waals surface area contributed by atoms with E-state index >= 15 is 0 Å². The Bertz CT molecular complexity index is 958. The van der Waals surface area contributed by atoms with Gasteiger partial charge in [0.1, 0.15) is 6.04 Å². The van der Waals surface area contributed by atoms with E-state index in [9.17, 15) is 9.59 Å². The molecule has 0 radical (unpaired) electrons. The minimum atomic E-state index is -0.610. The van der Waals surface area contributed by atoms with E-state index in [0.29, 0.717) is 43.4 Å². The van der Waals surface area contributed by atoms with Crippen molar-refractivity contribution in [3.05, 3.63) is 76.7 Å². The molecule has 3 aromatic rings. The second-order valence-corrected chi connectivity index (χ2v) is 8.00. The van der Waals surface area contributed by atoms with Gasteiger partial charge in [0.15, 0.2) is 0 Å². The van der Waals surface area contributed by atoms with Crippen molar-refractivity contribution in [1.29, 1.82) is 0 Å². The lowest BCUT2D eigenvalue weighted by atomic mass is 10.0. The molecule has 1 N–H and O–H groups in total. The van der Waals surface area contributed by atoms with Gasteiger partial charge in [0.25, 0.3) is 5.91 Å². The summed E-state index contributed by atoms with van der Waals surface area (Å²) < 4.78 is 0. The predicted molar refractivity (Wildman–Crippen MR) is 117 cm³/mol.